The Morgan fingerprint density at radius 1 is 1.41 bits per heavy atom. The molecule has 1 aromatic carbocycles. The molecule has 2 N–H and O–H groups in total. The van der Waals surface area contributed by atoms with Crippen LogP contribution in [0, 0.1) is 0 Å². The highest BCUT2D eigenvalue weighted by Gasteiger charge is 2.08. The molecule has 17 heavy (non-hydrogen) atoms. The quantitative estimate of drug-likeness (QED) is 0.775. The fourth-order valence-electron chi connectivity index (χ4n) is 1.46. The SMILES string of the molecule is CCc1ccc(C(=O)NCC(O)COC)cc1. The van der Waals surface area contributed by atoms with Gasteiger partial charge in [-0.2, -0.15) is 0 Å². The maximum absolute atomic E-state index is 11.7. The molecule has 0 aromatic heterocycles. The molecule has 0 bridgehead atoms. The van der Waals surface area contributed by atoms with Gasteiger partial charge in [0, 0.05) is 19.2 Å². The van der Waals surface area contributed by atoms with Crippen LogP contribution in [-0.4, -0.2) is 37.4 Å². The number of carbonyl (C=O) groups is 1. The first-order chi connectivity index (χ1) is 8.17. The number of hydrogen-bond acceptors (Lipinski definition) is 3. The van der Waals surface area contributed by atoms with E-state index in [1.54, 1.807) is 12.1 Å². The molecular weight excluding hydrogens is 218 g/mol. The van der Waals surface area contributed by atoms with Crippen LogP contribution in [0.15, 0.2) is 24.3 Å². The van der Waals surface area contributed by atoms with Gasteiger partial charge in [-0.05, 0) is 24.1 Å². The number of methoxy groups -OCH3 is 1. The van der Waals surface area contributed by atoms with E-state index in [9.17, 15) is 9.90 Å². The average Bonchev–Trinajstić information content (AvgIpc) is 2.36. The minimum atomic E-state index is -0.668. The van der Waals surface area contributed by atoms with Gasteiger partial charge in [-0.25, -0.2) is 0 Å². The highest BCUT2D eigenvalue weighted by atomic mass is 16.5. The summed E-state index contributed by atoms with van der Waals surface area (Å²) in [5.41, 5.74) is 1.80. The number of aryl methyl sites for hydroxylation is 1. The normalized spacial score (nSPS) is 12.2. The Bertz CT molecular complexity index is 348. The molecule has 0 fully saturated rings. The second-order valence-electron chi connectivity index (χ2n) is 3.87. The standard InChI is InChI=1S/C13H19NO3/c1-3-10-4-6-11(7-5-10)13(16)14-8-12(15)9-17-2/h4-7,12,15H,3,8-9H2,1-2H3,(H,14,16). The van der Waals surface area contributed by atoms with Crippen molar-refractivity contribution in [3.63, 3.8) is 0 Å². The third-order valence-corrected chi connectivity index (χ3v) is 2.48. The van der Waals surface area contributed by atoms with E-state index in [4.69, 9.17) is 4.74 Å². The van der Waals surface area contributed by atoms with Gasteiger partial charge in [-0.3, -0.25) is 4.79 Å². The third-order valence-electron chi connectivity index (χ3n) is 2.48. The number of rotatable bonds is 6. The predicted octanol–water partition coefficient (Wildman–Crippen LogP) is 0.986. The van der Waals surface area contributed by atoms with Crippen LogP contribution in [0.4, 0.5) is 0 Å². The molecule has 0 heterocycles. The zero-order valence-electron chi connectivity index (χ0n) is 10.3. The monoisotopic (exact) mass is 237 g/mol. The lowest BCUT2D eigenvalue weighted by atomic mass is 10.1. The molecule has 0 aliphatic rings. The lowest BCUT2D eigenvalue weighted by molar-refractivity contribution is 0.0610. The van der Waals surface area contributed by atoms with E-state index in [2.05, 4.69) is 12.2 Å². The molecule has 1 amide bonds. The summed E-state index contributed by atoms with van der Waals surface area (Å²) >= 11 is 0. The van der Waals surface area contributed by atoms with Crippen LogP contribution >= 0.6 is 0 Å². The number of amides is 1. The number of aliphatic hydroxyl groups is 1. The molecule has 0 saturated heterocycles. The minimum absolute atomic E-state index is 0.178. The number of benzene rings is 1. The highest BCUT2D eigenvalue weighted by molar-refractivity contribution is 5.94. The van der Waals surface area contributed by atoms with Gasteiger partial charge in [-0.15, -0.1) is 0 Å². The first-order valence-corrected chi connectivity index (χ1v) is 5.71. The fourth-order valence-corrected chi connectivity index (χ4v) is 1.46. The summed E-state index contributed by atoms with van der Waals surface area (Å²) < 4.78 is 4.77. The van der Waals surface area contributed by atoms with Gasteiger partial charge in [0.15, 0.2) is 0 Å². The second-order valence-corrected chi connectivity index (χ2v) is 3.87. The summed E-state index contributed by atoms with van der Waals surface area (Å²) in [4.78, 5) is 11.7. The van der Waals surface area contributed by atoms with Gasteiger partial charge in [0.1, 0.15) is 0 Å². The van der Waals surface area contributed by atoms with Crippen molar-refractivity contribution >= 4 is 5.91 Å². The van der Waals surface area contributed by atoms with Crippen LogP contribution in [0.5, 0.6) is 0 Å². The molecule has 1 aromatic rings. The van der Waals surface area contributed by atoms with Crippen molar-refractivity contribution in [2.75, 3.05) is 20.3 Å². The summed E-state index contributed by atoms with van der Waals surface area (Å²) in [5.74, 6) is -0.178. The van der Waals surface area contributed by atoms with Crippen molar-refractivity contribution in [1.82, 2.24) is 5.32 Å². The Hall–Kier alpha value is -1.39. The molecule has 0 saturated carbocycles. The third kappa shape index (κ3) is 4.54. The first-order valence-electron chi connectivity index (χ1n) is 5.71. The Kier molecular flexibility index (Phi) is 5.66. The molecule has 0 spiro atoms. The number of carbonyl (C=O) groups excluding carboxylic acids is 1. The van der Waals surface area contributed by atoms with Crippen LogP contribution in [0.3, 0.4) is 0 Å². The highest BCUT2D eigenvalue weighted by Crippen LogP contribution is 2.04. The summed E-state index contributed by atoms with van der Waals surface area (Å²) in [7, 11) is 1.51. The van der Waals surface area contributed by atoms with Crippen molar-refractivity contribution in [3.05, 3.63) is 35.4 Å². The van der Waals surface area contributed by atoms with Crippen LogP contribution in [0.1, 0.15) is 22.8 Å². The molecule has 1 unspecified atom stereocenters. The number of aliphatic hydroxyl groups excluding tert-OH is 1. The van der Waals surface area contributed by atoms with Crippen LogP contribution in [0.25, 0.3) is 0 Å². The molecule has 94 valence electrons. The lowest BCUT2D eigenvalue weighted by Gasteiger charge is -2.10. The van der Waals surface area contributed by atoms with Gasteiger partial charge >= 0.3 is 0 Å². The first kappa shape index (κ1) is 13.7. The largest absolute Gasteiger partial charge is 0.389 e. The Balaban J connectivity index is 2.46. The number of nitrogens with one attached hydrogen (secondary N) is 1. The molecule has 0 radical (unpaired) electrons. The van der Waals surface area contributed by atoms with E-state index in [1.807, 2.05) is 12.1 Å². The molecule has 0 aliphatic heterocycles. The van der Waals surface area contributed by atoms with E-state index in [-0.39, 0.29) is 19.1 Å². The van der Waals surface area contributed by atoms with Crippen molar-refractivity contribution in [3.8, 4) is 0 Å². The Morgan fingerprint density at radius 3 is 2.59 bits per heavy atom. The van der Waals surface area contributed by atoms with E-state index in [0.717, 1.165) is 6.42 Å². The van der Waals surface area contributed by atoms with Gasteiger partial charge in [0.2, 0.25) is 0 Å². The van der Waals surface area contributed by atoms with Crippen molar-refractivity contribution < 1.29 is 14.6 Å². The van der Waals surface area contributed by atoms with Gasteiger partial charge in [0.25, 0.3) is 5.91 Å². The molecule has 4 heteroatoms. The van der Waals surface area contributed by atoms with Crippen molar-refractivity contribution in [2.45, 2.75) is 19.4 Å². The summed E-state index contributed by atoms with van der Waals surface area (Å²) in [5, 5.41) is 12.0. The number of hydrogen-bond donors (Lipinski definition) is 2. The zero-order chi connectivity index (χ0) is 12.7. The molecular formula is C13H19NO3. The van der Waals surface area contributed by atoms with Gasteiger partial charge in [-0.1, -0.05) is 19.1 Å². The topological polar surface area (TPSA) is 58.6 Å². The Labute approximate surface area is 102 Å². The smallest absolute Gasteiger partial charge is 0.251 e. The zero-order valence-corrected chi connectivity index (χ0v) is 10.3. The van der Waals surface area contributed by atoms with E-state index < -0.39 is 6.10 Å². The molecule has 0 aliphatic carbocycles. The summed E-state index contributed by atoms with van der Waals surface area (Å²) in [6.45, 7) is 2.48. The van der Waals surface area contributed by atoms with Gasteiger partial charge in [0.05, 0.1) is 12.7 Å². The lowest BCUT2D eigenvalue weighted by Crippen LogP contribution is -2.34. The fraction of sp³-hybridized carbons (Fsp3) is 0.462. The Morgan fingerprint density at radius 2 is 2.06 bits per heavy atom. The van der Waals surface area contributed by atoms with E-state index >= 15 is 0 Å². The molecule has 1 rings (SSSR count). The molecule has 4 nitrogen and oxygen atoms in total. The van der Waals surface area contributed by atoms with Crippen LogP contribution in [-0.2, 0) is 11.2 Å². The molecule has 1 atom stereocenters. The predicted molar refractivity (Wildman–Crippen MR) is 66.0 cm³/mol. The maximum Gasteiger partial charge on any atom is 0.251 e. The van der Waals surface area contributed by atoms with E-state index in [1.165, 1.54) is 12.7 Å². The summed E-state index contributed by atoms with van der Waals surface area (Å²) in [6, 6.07) is 7.44. The summed E-state index contributed by atoms with van der Waals surface area (Å²) in [6.07, 6.45) is 0.285. The van der Waals surface area contributed by atoms with E-state index in [0.29, 0.717) is 5.56 Å². The van der Waals surface area contributed by atoms with Crippen LogP contribution in [0.2, 0.25) is 0 Å². The average molecular weight is 237 g/mol. The number of ether oxygens (including phenoxy) is 1. The maximum atomic E-state index is 11.7. The second kappa shape index (κ2) is 7.04. The van der Waals surface area contributed by atoms with Gasteiger partial charge < -0.3 is 15.2 Å². The minimum Gasteiger partial charge on any atom is -0.389 e. The van der Waals surface area contributed by atoms with Crippen molar-refractivity contribution in [1.29, 1.82) is 0 Å². The van der Waals surface area contributed by atoms with Crippen molar-refractivity contribution in [2.24, 2.45) is 0 Å². The van der Waals surface area contributed by atoms with Crippen LogP contribution < -0.4 is 5.32 Å².